The first-order valence-corrected chi connectivity index (χ1v) is 7.54. The summed E-state index contributed by atoms with van der Waals surface area (Å²) in [6, 6.07) is 7.85. The van der Waals surface area contributed by atoms with E-state index >= 15 is 0 Å². The summed E-state index contributed by atoms with van der Waals surface area (Å²) in [6.07, 6.45) is 0.634. The van der Waals surface area contributed by atoms with E-state index in [2.05, 4.69) is 9.74 Å². The SMILES string of the molecule is COc1ccc(N2CCN(C(=O)CCCO[N+](=O)[O-])CC2)cc1. The fourth-order valence-corrected chi connectivity index (χ4v) is 2.53. The van der Waals surface area contributed by atoms with Crippen molar-refractivity contribution < 1.29 is 19.5 Å². The minimum Gasteiger partial charge on any atom is -0.497 e. The summed E-state index contributed by atoms with van der Waals surface area (Å²) in [5.74, 6) is 0.839. The van der Waals surface area contributed by atoms with Crippen LogP contribution in [0.25, 0.3) is 0 Å². The summed E-state index contributed by atoms with van der Waals surface area (Å²) >= 11 is 0. The molecule has 0 unspecified atom stereocenters. The van der Waals surface area contributed by atoms with E-state index < -0.39 is 5.09 Å². The minimum atomic E-state index is -0.835. The molecule has 0 aliphatic carbocycles. The number of piperazine rings is 1. The zero-order valence-corrected chi connectivity index (χ0v) is 13.1. The molecule has 0 aromatic heterocycles. The molecule has 1 aromatic carbocycles. The maximum absolute atomic E-state index is 12.0. The van der Waals surface area contributed by atoms with Gasteiger partial charge in [-0.3, -0.25) is 4.79 Å². The number of methoxy groups -OCH3 is 1. The van der Waals surface area contributed by atoms with Gasteiger partial charge in [-0.2, -0.15) is 0 Å². The monoisotopic (exact) mass is 323 g/mol. The Hall–Kier alpha value is -2.51. The zero-order chi connectivity index (χ0) is 16.7. The molecule has 0 spiro atoms. The predicted molar refractivity (Wildman–Crippen MR) is 84.0 cm³/mol. The van der Waals surface area contributed by atoms with Crippen molar-refractivity contribution in [2.75, 3.05) is 44.8 Å². The van der Waals surface area contributed by atoms with Gasteiger partial charge < -0.3 is 19.4 Å². The van der Waals surface area contributed by atoms with Crippen molar-refractivity contribution in [1.82, 2.24) is 4.90 Å². The van der Waals surface area contributed by atoms with Crippen LogP contribution in [0, 0.1) is 10.1 Å². The summed E-state index contributed by atoms with van der Waals surface area (Å²) in [4.78, 5) is 30.3. The molecule has 1 aliphatic heterocycles. The average Bonchev–Trinajstić information content (AvgIpc) is 2.58. The Labute approximate surface area is 134 Å². The van der Waals surface area contributed by atoms with Crippen molar-refractivity contribution in [3.63, 3.8) is 0 Å². The number of hydrogen-bond acceptors (Lipinski definition) is 6. The molecule has 2 rings (SSSR count). The first kappa shape index (κ1) is 16.9. The lowest BCUT2D eigenvalue weighted by Gasteiger charge is -2.36. The topological polar surface area (TPSA) is 85.2 Å². The number of amides is 1. The maximum Gasteiger partial charge on any atom is 0.294 e. The van der Waals surface area contributed by atoms with Crippen molar-refractivity contribution >= 4 is 11.6 Å². The van der Waals surface area contributed by atoms with Crippen LogP contribution in [0.4, 0.5) is 5.69 Å². The molecule has 0 radical (unpaired) electrons. The number of rotatable bonds is 7. The molecule has 126 valence electrons. The quantitative estimate of drug-likeness (QED) is 0.427. The Balaban J connectivity index is 1.74. The van der Waals surface area contributed by atoms with Gasteiger partial charge in [0.2, 0.25) is 5.91 Å². The number of benzene rings is 1. The van der Waals surface area contributed by atoms with E-state index in [9.17, 15) is 14.9 Å². The Morgan fingerprint density at radius 1 is 1.22 bits per heavy atom. The molecule has 0 atom stereocenters. The third-order valence-corrected chi connectivity index (χ3v) is 3.80. The highest BCUT2D eigenvalue weighted by molar-refractivity contribution is 5.76. The van der Waals surface area contributed by atoms with Crippen molar-refractivity contribution in [2.45, 2.75) is 12.8 Å². The second-order valence-corrected chi connectivity index (χ2v) is 5.23. The summed E-state index contributed by atoms with van der Waals surface area (Å²) < 4.78 is 5.14. The first-order chi connectivity index (χ1) is 11.1. The lowest BCUT2D eigenvalue weighted by molar-refractivity contribution is -0.757. The van der Waals surface area contributed by atoms with Gasteiger partial charge in [0.1, 0.15) is 5.75 Å². The second-order valence-electron chi connectivity index (χ2n) is 5.23. The van der Waals surface area contributed by atoms with E-state index in [4.69, 9.17) is 4.74 Å². The van der Waals surface area contributed by atoms with Crippen LogP contribution in [0.3, 0.4) is 0 Å². The number of ether oxygens (including phenoxy) is 1. The largest absolute Gasteiger partial charge is 0.497 e. The van der Waals surface area contributed by atoms with Crippen LogP contribution in [-0.4, -0.2) is 55.8 Å². The van der Waals surface area contributed by atoms with Crippen LogP contribution >= 0.6 is 0 Å². The molecule has 23 heavy (non-hydrogen) atoms. The highest BCUT2D eigenvalue weighted by atomic mass is 16.9. The summed E-state index contributed by atoms with van der Waals surface area (Å²) in [5, 5.41) is 9.20. The highest BCUT2D eigenvalue weighted by Crippen LogP contribution is 2.20. The van der Waals surface area contributed by atoms with E-state index in [0.29, 0.717) is 19.5 Å². The van der Waals surface area contributed by atoms with E-state index in [1.54, 1.807) is 12.0 Å². The number of carbonyl (C=O) groups is 1. The first-order valence-electron chi connectivity index (χ1n) is 7.54. The van der Waals surface area contributed by atoms with E-state index in [1.165, 1.54) is 0 Å². The van der Waals surface area contributed by atoms with Crippen LogP contribution in [-0.2, 0) is 9.63 Å². The molecule has 1 amide bonds. The van der Waals surface area contributed by atoms with Crippen LogP contribution in [0.15, 0.2) is 24.3 Å². The van der Waals surface area contributed by atoms with Gasteiger partial charge in [0.25, 0.3) is 5.09 Å². The number of anilines is 1. The van der Waals surface area contributed by atoms with Gasteiger partial charge in [0.15, 0.2) is 0 Å². The molecule has 1 aliphatic rings. The van der Waals surface area contributed by atoms with Crippen molar-refractivity contribution in [2.24, 2.45) is 0 Å². The second kappa shape index (κ2) is 8.21. The smallest absolute Gasteiger partial charge is 0.294 e. The average molecular weight is 323 g/mol. The molecular weight excluding hydrogens is 302 g/mol. The Bertz CT molecular complexity index is 526. The zero-order valence-electron chi connectivity index (χ0n) is 13.1. The molecule has 1 saturated heterocycles. The van der Waals surface area contributed by atoms with Gasteiger partial charge >= 0.3 is 0 Å². The van der Waals surface area contributed by atoms with Gasteiger partial charge in [0.05, 0.1) is 13.7 Å². The molecule has 1 heterocycles. The fourth-order valence-electron chi connectivity index (χ4n) is 2.53. The lowest BCUT2D eigenvalue weighted by Crippen LogP contribution is -2.48. The summed E-state index contributed by atoms with van der Waals surface area (Å²) in [7, 11) is 1.64. The van der Waals surface area contributed by atoms with Gasteiger partial charge in [-0.15, -0.1) is 10.1 Å². The van der Waals surface area contributed by atoms with Gasteiger partial charge in [-0.1, -0.05) is 0 Å². The normalized spacial score (nSPS) is 14.5. The molecule has 8 nitrogen and oxygen atoms in total. The molecule has 1 aromatic rings. The molecule has 0 N–H and O–H groups in total. The lowest BCUT2D eigenvalue weighted by atomic mass is 10.2. The predicted octanol–water partition coefficient (Wildman–Crippen LogP) is 1.33. The molecular formula is C15H21N3O5. The van der Waals surface area contributed by atoms with E-state index in [0.717, 1.165) is 24.5 Å². The standard InChI is InChI=1S/C15H21N3O5/c1-22-14-6-4-13(5-7-14)16-8-10-17(11-9-16)15(19)3-2-12-23-18(20)21/h4-7H,2-3,8-12H2,1H3. The van der Waals surface area contributed by atoms with Gasteiger partial charge in [-0.25, -0.2) is 0 Å². The fraction of sp³-hybridized carbons (Fsp3) is 0.533. The van der Waals surface area contributed by atoms with E-state index in [-0.39, 0.29) is 18.9 Å². The molecule has 0 bridgehead atoms. The summed E-state index contributed by atoms with van der Waals surface area (Å²) in [6.45, 7) is 2.80. The summed E-state index contributed by atoms with van der Waals surface area (Å²) in [5.41, 5.74) is 1.11. The van der Waals surface area contributed by atoms with Crippen LogP contribution < -0.4 is 9.64 Å². The van der Waals surface area contributed by atoms with Crippen LogP contribution in [0.2, 0.25) is 0 Å². The molecule has 0 saturated carbocycles. The van der Waals surface area contributed by atoms with Gasteiger partial charge in [-0.05, 0) is 30.7 Å². The number of hydrogen-bond donors (Lipinski definition) is 0. The van der Waals surface area contributed by atoms with Crippen LogP contribution in [0.1, 0.15) is 12.8 Å². The van der Waals surface area contributed by atoms with Crippen molar-refractivity contribution in [1.29, 1.82) is 0 Å². The third-order valence-electron chi connectivity index (χ3n) is 3.80. The third kappa shape index (κ3) is 5.01. The van der Waals surface area contributed by atoms with Crippen molar-refractivity contribution in [3.8, 4) is 5.75 Å². The minimum absolute atomic E-state index is 0.0197. The van der Waals surface area contributed by atoms with Crippen molar-refractivity contribution in [3.05, 3.63) is 34.4 Å². The Morgan fingerprint density at radius 2 is 1.87 bits per heavy atom. The maximum atomic E-state index is 12.0. The molecule has 1 fully saturated rings. The Morgan fingerprint density at radius 3 is 2.43 bits per heavy atom. The number of nitrogens with zero attached hydrogens (tertiary/aromatic N) is 3. The molecule has 8 heteroatoms. The Kier molecular flexibility index (Phi) is 6.02. The van der Waals surface area contributed by atoms with E-state index in [1.807, 2.05) is 24.3 Å². The van der Waals surface area contributed by atoms with Gasteiger partial charge in [0, 0.05) is 38.3 Å². The highest BCUT2D eigenvalue weighted by Gasteiger charge is 2.21. The number of carbonyl (C=O) groups excluding carboxylic acids is 1. The van der Waals surface area contributed by atoms with Crippen LogP contribution in [0.5, 0.6) is 5.75 Å².